The molecule has 8 nitrogen and oxygen atoms in total. The topological polar surface area (TPSA) is 130 Å². The lowest BCUT2D eigenvalue weighted by molar-refractivity contribution is -0.0413. The Labute approximate surface area is 165 Å². The van der Waals surface area contributed by atoms with Crippen LogP contribution in [0.3, 0.4) is 0 Å². The predicted octanol–water partition coefficient (Wildman–Crippen LogP) is 2.66. The molecule has 1 atom stereocenters. The zero-order valence-electron chi connectivity index (χ0n) is 16.0. The Balaban J connectivity index is 2.05. The van der Waals surface area contributed by atoms with E-state index in [-0.39, 0.29) is 51.5 Å². The molecule has 4 rings (SSSR count). The van der Waals surface area contributed by atoms with Gasteiger partial charge in [-0.25, -0.2) is 0 Å². The van der Waals surface area contributed by atoms with Crippen LogP contribution in [0.5, 0.6) is 28.7 Å². The fraction of sp³-hybridized carbons (Fsp3) is 0.286. The predicted molar refractivity (Wildman–Crippen MR) is 104 cm³/mol. The summed E-state index contributed by atoms with van der Waals surface area (Å²) in [6, 6.07) is 3.71. The summed E-state index contributed by atoms with van der Waals surface area (Å²) in [5.74, 6) is -0.522. The number of aromatic hydroxyl groups is 3. The van der Waals surface area contributed by atoms with Crippen molar-refractivity contribution in [3.63, 3.8) is 0 Å². The van der Waals surface area contributed by atoms with Gasteiger partial charge >= 0.3 is 0 Å². The minimum atomic E-state index is -0.965. The fourth-order valence-electron chi connectivity index (χ4n) is 3.52. The normalized spacial score (nSPS) is 17.6. The Kier molecular flexibility index (Phi) is 4.13. The van der Waals surface area contributed by atoms with Crippen molar-refractivity contribution in [1.82, 2.24) is 0 Å². The lowest BCUT2D eigenvalue weighted by atomic mass is 9.88. The van der Waals surface area contributed by atoms with Gasteiger partial charge in [-0.05, 0) is 19.9 Å². The SMILES string of the molecule is COc1cc(-c2coc3cc(O)cc(O)c3c2=O)c2c(c1O)C[C@@H](O)C(C)(C)O2. The second-order valence-corrected chi connectivity index (χ2v) is 7.52. The van der Waals surface area contributed by atoms with Crippen LogP contribution in [0.15, 0.2) is 33.7 Å². The maximum Gasteiger partial charge on any atom is 0.204 e. The first-order valence-electron chi connectivity index (χ1n) is 8.91. The van der Waals surface area contributed by atoms with Crippen molar-refractivity contribution in [2.24, 2.45) is 0 Å². The van der Waals surface area contributed by atoms with Crippen molar-refractivity contribution in [2.75, 3.05) is 7.11 Å². The number of phenols is 3. The summed E-state index contributed by atoms with van der Waals surface area (Å²) in [5, 5.41) is 40.6. The number of rotatable bonds is 2. The van der Waals surface area contributed by atoms with Gasteiger partial charge < -0.3 is 34.3 Å². The van der Waals surface area contributed by atoms with Crippen LogP contribution in [0.1, 0.15) is 19.4 Å². The minimum Gasteiger partial charge on any atom is -0.508 e. The molecule has 0 saturated carbocycles. The first-order chi connectivity index (χ1) is 13.6. The number of phenolic OH excluding ortho intramolecular Hbond substituents is 3. The summed E-state index contributed by atoms with van der Waals surface area (Å²) in [5.41, 5.74) is -0.828. The highest BCUT2D eigenvalue weighted by molar-refractivity contribution is 5.89. The lowest BCUT2D eigenvalue weighted by Gasteiger charge is -2.38. The average molecular weight is 400 g/mol. The summed E-state index contributed by atoms with van der Waals surface area (Å²) in [7, 11) is 1.37. The zero-order valence-corrected chi connectivity index (χ0v) is 16.0. The third-order valence-corrected chi connectivity index (χ3v) is 5.23. The molecular weight excluding hydrogens is 380 g/mol. The molecule has 0 fully saturated rings. The molecule has 4 N–H and O–H groups in total. The summed E-state index contributed by atoms with van der Waals surface area (Å²) in [6.07, 6.45) is 0.397. The van der Waals surface area contributed by atoms with E-state index in [1.54, 1.807) is 13.8 Å². The molecule has 0 unspecified atom stereocenters. The number of hydrogen-bond acceptors (Lipinski definition) is 8. The summed E-state index contributed by atoms with van der Waals surface area (Å²) >= 11 is 0. The molecule has 8 heteroatoms. The number of fused-ring (bicyclic) bond motifs is 2. The van der Waals surface area contributed by atoms with E-state index in [9.17, 15) is 25.2 Å². The monoisotopic (exact) mass is 400 g/mol. The number of benzene rings is 2. The van der Waals surface area contributed by atoms with Gasteiger partial charge in [0.05, 0.1) is 18.8 Å². The Bertz CT molecular complexity index is 1190. The molecular formula is C21H20O8. The second-order valence-electron chi connectivity index (χ2n) is 7.52. The van der Waals surface area contributed by atoms with Crippen molar-refractivity contribution in [3.8, 4) is 39.9 Å². The van der Waals surface area contributed by atoms with Gasteiger partial charge in [0.25, 0.3) is 0 Å². The molecule has 29 heavy (non-hydrogen) atoms. The van der Waals surface area contributed by atoms with Crippen LogP contribution < -0.4 is 14.9 Å². The molecule has 3 aromatic rings. The molecule has 0 amide bonds. The highest BCUT2D eigenvalue weighted by atomic mass is 16.5. The Morgan fingerprint density at radius 3 is 2.55 bits per heavy atom. The standard InChI is InChI=1S/C21H20O8/c1-21(2)16(24)7-11-18(25)15(27-3)6-10(20(11)29-21)12-8-28-14-5-9(22)4-13(23)17(14)19(12)26/h4-6,8,16,22-25H,7H2,1-3H3/t16-/m1/s1. The second kappa shape index (κ2) is 6.31. The Hall–Kier alpha value is -3.39. The van der Waals surface area contributed by atoms with E-state index in [1.165, 1.54) is 25.5 Å². The van der Waals surface area contributed by atoms with Crippen molar-refractivity contribution in [2.45, 2.75) is 32.0 Å². The Morgan fingerprint density at radius 1 is 1.14 bits per heavy atom. The van der Waals surface area contributed by atoms with E-state index in [0.717, 1.165) is 6.07 Å². The van der Waals surface area contributed by atoms with E-state index in [2.05, 4.69) is 0 Å². The molecule has 0 aliphatic carbocycles. The van der Waals surface area contributed by atoms with E-state index in [4.69, 9.17) is 13.9 Å². The zero-order chi connectivity index (χ0) is 21.1. The number of aliphatic hydroxyl groups is 1. The van der Waals surface area contributed by atoms with Crippen LogP contribution in [0, 0.1) is 0 Å². The number of aliphatic hydroxyl groups excluding tert-OH is 1. The third-order valence-electron chi connectivity index (χ3n) is 5.23. The van der Waals surface area contributed by atoms with Gasteiger partial charge in [-0.3, -0.25) is 4.79 Å². The number of ether oxygens (including phenoxy) is 2. The summed E-state index contributed by atoms with van der Waals surface area (Å²) < 4.78 is 16.7. The van der Waals surface area contributed by atoms with Crippen molar-refractivity contribution in [1.29, 1.82) is 0 Å². The number of methoxy groups -OCH3 is 1. The molecule has 0 radical (unpaired) electrons. The van der Waals surface area contributed by atoms with Crippen molar-refractivity contribution >= 4 is 11.0 Å². The highest BCUT2D eigenvalue weighted by Gasteiger charge is 2.39. The van der Waals surface area contributed by atoms with Crippen LogP contribution >= 0.6 is 0 Å². The lowest BCUT2D eigenvalue weighted by Crippen LogP contribution is -2.46. The largest absolute Gasteiger partial charge is 0.508 e. The maximum atomic E-state index is 13.1. The van der Waals surface area contributed by atoms with E-state index >= 15 is 0 Å². The smallest absolute Gasteiger partial charge is 0.204 e. The van der Waals surface area contributed by atoms with Crippen molar-refractivity contribution in [3.05, 3.63) is 40.2 Å². The van der Waals surface area contributed by atoms with Gasteiger partial charge in [-0.1, -0.05) is 0 Å². The molecule has 0 spiro atoms. The highest BCUT2D eigenvalue weighted by Crippen LogP contribution is 2.48. The van der Waals surface area contributed by atoms with E-state index in [1.807, 2.05) is 0 Å². The van der Waals surface area contributed by atoms with E-state index < -0.39 is 22.9 Å². The minimum absolute atomic E-state index is 0.0209. The first-order valence-corrected chi connectivity index (χ1v) is 8.91. The van der Waals surface area contributed by atoms with Gasteiger partial charge in [0.2, 0.25) is 5.43 Å². The number of hydrogen-bond donors (Lipinski definition) is 4. The quantitative estimate of drug-likeness (QED) is 0.517. The molecule has 0 bridgehead atoms. The summed E-state index contributed by atoms with van der Waals surface area (Å²) in [6.45, 7) is 3.40. The molecule has 0 saturated heterocycles. The Morgan fingerprint density at radius 2 is 1.86 bits per heavy atom. The third kappa shape index (κ3) is 2.84. The molecule has 2 aromatic carbocycles. The average Bonchev–Trinajstić information content (AvgIpc) is 2.64. The maximum absolute atomic E-state index is 13.1. The van der Waals surface area contributed by atoms with Crippen LogP contribution in [0.25, 0.3) is 22.1 Å². The van der Waals surface area contributed by atoms with Crippen LogP contribution in [0.2, 0.25) is 0 Å². The van der Waals surface area contributed by atoms with Gasteiger partial charge in [0.1, 0.15) is 40.1 Å². The van der Waals surface area contributed by atoms with Crippen molar-refractivity contribution < 1.29 is 34.3 Å². The van der Waals surface area contributed by atoms with Gasteiger partial charge in [0, 0.05) is 29.7 Å². The van der Waals surface area contributed by atoms with Crippen LogP contribution in [0.4, 0.5) is 0 Å². The van der Waals surface area contributed by atoms with Crippen LogP contribution in [-0.4, -0.2) is 39.2 Å². The van der Waals surface area contributed by atoms with Gasteiger partial charge in [-0.2, -0.15) is 0 Å². The van der Waals surface area contributed by atoms with E-state index in [0.29, 0.717) is 5.56 Å². The molecule has 2 heterocycles. The van der Waals surface area contributed by atoms with Gasteiger partial charge in [0.15, 0.2) is 11.5 Å². The summed E-state index contributed by atoms with van der Waals surface area (Å²) in [4.78, 5) is 13.1. The first kappa shape index (κ1) is 18.9. The van der Waals surface area contributed by atoms with Gasteiger partial charge in [-0.15, -0.1) is 0 Å². The fourth-order valence-corrected chi connectivity index (χ4v) is 3.52. The molecule has 152 valence electrons. The molecule has 1 aliphatic heterocycles. The van der Waals surface area contributed by atoms with Crippen LogP contribution in [-0.2, 0) is 6.42 Å². The molecule has 1 aromatic heterocycles. The molecule has 1 aliphatic rings.